The van der Waals surface area contributed by atoms with Gasteiger partial charge in [-0.15, -0.1) is 19.0 Å². The molecule has 0 saturated carbocycles. The lowest BCUT2D eigenvalue weighted by Crippen LogP contribution is -2.49. The van der Waals surface area contributed by atoms with Crippen molar-refractivity contribution in [2.24, 2.45) is 0 Å². The molecule has 0 bridgehead atoms. The van der Waals surface area contributed by atoms with E-state index in [1.807, 2.05) is 42.5 Å². The van der Waals surface area contributed by atoms with Crippen molar-refractivity contribution in [3.05, 3.63) is 76.8 Å². The van der Waals surface area contributed by atoms with Gasteiger partial charge in [0.15, 0.2) is 0 Å². The Kier molecular flexibility index (Phi) is 9.66. The second kappa shape index (κ2) is 11.7. The van der Waals surface area contributed by atoms with Gasteiger partial charge in [0.2, 0.25) is 0 Å². The van der Waals surface area contributed by atoms with E-state index in [1.54, 1.807) is 0 Å². The van der Waals surface area contributed by atoms with E-state index in [9.17, 15) is 5.11 Å². The minimum Gasteiger partial charge on any atom is -0.491 e. The summed E-state index contributed by atoms with van der Waals surface area (Å²) < 4.78 is 13.0. The van der Waals surface area contributed by atoms with Gasteiger partial charge in [0.25, 0.3) is 0 Å². The summed E-state index contributed by atoms with van der Waals surface area (Å²) in [6.45, 7) is 8.22. The Bertz CT molecular complexity index is 771. The first-order valence-corrected chi connectivity index (χ1v) is 10.5. The molecule has 0 spiro atoms. The molecular weight excluding hydrogens is 454 g/mol. The number of morpholine rings is 1. The first-order valence-electron chi connectivity index (χ1n) is 9.69. The summed E-state index contributed by atoms with van der Waals surface area (Å²) >= 11 is 3.48. The molecule has 1 heterocycles. The van der Waals surface area contributed by atoms with E-state index in [4.69, 9.17) is 9.47 Å². The summed E-state index contributed by atoms with van der Waals surface area (Å²) in [5.74, 6) is 0.809. The van der Waals surface area contributed by atoms with Crippen LogP contribution in [0, 0.1) is 0 Å². The molecule has 3 unspecified atom stereocenters. The minimum atomic E-state index is -0.567. The fraction of sp³-hybridized carbons (Fsp3) is 0.391. The van der Waals surface area contributed by atoms with E-state index >= 15 is 0 Å². The van der Waals surface area contributed by atoms with Crippen molar-refractivity contribution >= 4 is 28.3 Å². The van der Waals surface area contributed by atoms with Crippen LogP contribution >= 0.6 is 28.3 Å². The Labute approximate surface area is 188 Å². The van der Waals surface area contributed by atoms with Crippen LogP contribution in [0.5, 0.6) is 5.75 Å². The van der Waals surface area contributed by atoms with Crippen LogP contribution in [0.15, 0.2) is 65.7 Å². The lowest BCUT2D eigenvalue weighted by atomic mass is 10.0. The van der Waals surface area contributed by atoms with Crippen LogP contribution in [-0.2, 0) is 11.2 Å². The van der Waals surface area contributed by atoms with Gasteiger partial charge in [-0.1, -0.05) is 52.3 Å². The number of ether oxygens (including phenoxy) is 2. The van der Waals surface area contributed by atoms with Crippen LogP contribution in [0.1, 0.15) is 24.2 Å². The van der Waals surface area contributed by atoms with Gasteiger partial charge in [-0.3, -0.25) is 4.90 Å². The SMILES string of the molecule is C=CCc1ccccc1OCC(O)CN1CCOC(c2ccc(Br)cc2)C1C.Cl. The molecule has 3 atom stereocenters. The molecule has 0 amide bonds. The molecule has 158 valence electrons. The Balaban J connectivity index is 0.00000300. The molecule has 4 nitrogen and oxygen atoms in total. The predicted octanol–water partition coefficient (Wildman–Crippen LogP) is 4.80. The fourth-order valence-corrected chi connectivity index (χ4v) is 3.86. The van der Waals surface area contributed by atoms with Crippen molar-refractivity contribution in [1.82, 2.24) is 4.90 Å². The Hall–Kier alpha value is -1.37. The molecule has 1 fully saturated rings. The number of rotatable bonds is 8. The van der Waals surface area contributed by atoms with Crippen molar-refractivity contribution in [2.45, 2.75) is 31.6 Å². The van der Waals surface area contributed by atoms with Gasteiger partial charge in [0, 0.05) is 23.6 Å². The molecule has 1 aliphatic heterocycles. The Morgan fingerprint density at radius 1 is 1.28 bits per heavy atom. The third-order valence-electron chi connectivity index (χ3n) is 5.10. The zero-order chi connectivity index (χ0) is 19.9. The molecule has 29 heavy (non-hydrogen) atoms. The second-order valence-corrected chi connectivity index (χ2v) is 8.06. The van der Waals surface area contributed by atoms with Crippen LogP contribution in [-0.4, -0.2) is 48.5 Å². The molecule has 1 saturated heterocycles. The topological polar surface area (TPSA) is 41.9 Å². The average molecular weight is 483 g/mol. The molecule has 0 aromatic heterocycles. The molecule has 2 aromatic carbocycles. The summed E-state index contributed by atoms with van der Waals surface area (Å²) in [7, 11) is 0. The standard InChI is InChI=1S/C23H28BrNO3.ClH/c1-3-6-18-7-4-5-8-22(18)28-16-21(26)15-25-13-14-27-23(17(25)2)19-9-11-20(24)12-10-19;/h3-5,7-12,17,21,23,26H,1,6,13-16H2,2H3;1H. The second-order valence-electron chi connectivity index (χ2n) is 7.14. The van der Waals surface area contributed by atoms with Crippen molar-refractivity contribution in [2.75, 3.05) is 26.3 Å². The molecule has 3 rings (SSSR count). The number of benzene rings is 2. The van der Waals surface area contributed by atoms with Crippen molar-refractivity contribution in [3.63, 3.8) is 0 Å². The Morgan fingerprint density at radius 2 is 2.00 bits per heavy atom. The van der Waals surface area contributed by atoms with Crippen molar-refractivity contribution in [3.8, 4) is 5.75 Å². The number of hydrogen-bond donors (Lipinski definition) is 1. The summed E-state index contributed by atoms with van der Waals surface area (Å²) in [6.07, 6.45) is 2.05. The molecule has 0 radical (unpaired) electrons. The van der Waals surface area contributed by atoms with Gasteiger partial charge >= 0.3 is 0 Å². The van der Waals surface area contributed by atoms with Crippen LogP contribution < -0.4 is 4.74 Å². The lowest BCUT2D eigenvalue weighted by Gasteiger charge is -2.40. The smallest absolute Gasteiger partial charge is 0.122 e. The average Bonchev–Trinajstić information content (AvgIpc) is 2.70. The third-order valence-corrected chi connectivity index (χ3v) is 5.63. The number of halogens is 2. The number of aliphatic hydroxyl groups excluding tert-OH is 1. The van der Waals surface area contributed by atoms with Gasteiger partial charge in [0.1, 0.15) is 18.5 Å². The maximum absolute atomic E-state index is 10.6. The van der Waals surface area contributed by atoms with Crippen LogP contribution in [0.3, 0.4) is 0 Å². The van der Waals surface area contributed by atoms with E-state index in [2.05, 4.69) is 46.5 Å². The van der Waals surface area contributed by atoms with Crippen molar-refractivity contribution in [1.29, 1.82) is 0 Å². The number of para-hydroxylation sites is 1. The maximum Gasteiger partial charge on any atom is 0.122 e. The van der Waals surface area contributed by atoms with Crippen LogP contribution in [0.25, 0.3) is 0 Å². The fourth-order valence-electron chi connectivity index (χ4n) is 3.59. The molecule has 6 heteroatoms. The predicted molar refractivity (Wildman–Crippen MR) is 123 cm³/mol. The van der Waals surface area contributed by atoms with E-state index < -0.39 is 6.10 Å². The first kappa shape index (κ1) is 23.9. The largest absolute Gasteiger partial charge is 0.491 e. The van der Waals surface area contributed by atoms with Crippen LogP contribution in [0.4, 0.5) is 0 Å². The quantitative estimate of drug-likeness (QED) is 0.549. The third kappa shape index (κ3) is 6.56. The summed E-state index contributed by atoms with van der Waals surface area (Å²) in [5, 5.41) is 10.6. The zero-order valence-electron chi connectivity index (χ0n) is 16.7. The highest BCUT2D eigenvalue weighted by atomic mass is 79.9. The highest BCUT2D eigenvalue weighted by Gasteiger charge is 2.31. The van der Waals surface area contributed by atoms with Gasteiger partial charge < -0.3 is 14.6 Å². The first-order chi connectivity index (χ1) is 13.6. The molecule has 2 aromatic rings. The highest BCUT2D eigenvalue weighted by molar-refractivity contribution is 9.10. The zero-order valence-corrected chi connectivity index (χ0v) is 19.1. The van der Waals surface area contributed by atoms with Crippen LogP contribution in [0.2, 0.25) is 0 Å². The summed E-state index contributed by atoms with van der Waals surface area (Å²) in [6, 6.07) is 16.3. The molecular formula is C23H29BrClNO3. The number of hydrogen-bond acceptors (Lipinski definition) is 4. The highest BCUT2D eigenvalue weighted by Crippen LogP contribution is 2.29. The van der Waals surface area contributed by atoms with E-state index in [-0.39, 0.29) is 31.2 Å². The summed E-state index contributed by atoms with van der Waals surface area (Å²) in [5.41, 5.74) is 2.24. The summed E-state index contributed by atoms with van der Waals surface area (Å²) in [4.78, 5) is 2.28. The molecule has 1 aliphatic rings. The van der Waals surface area contributed by atoms with Gasteiger partial charge in [-0.05, 0) is 42.7 Å². The normalized spacial score (nSPS) is 20.5. The van der Waals surface area contributed by atoms with Gasteiger partial charge in [0.05, 0.1) is 12.7 Å². The van der Waals surface area contributed by atoms with E-state index in [0.29, 0.717) is 13.2 Å². The number of allylic oxidation sites excluding steroid dienone is 1. The number of aliphatic hydroxyl groups is 1. The Morgan fingerprint density at radius 3 is 2.72 bits per heavy atom. The monoisotopic (exact) mass is 481 g/mol. The molecule has 1 N–H and O–H groups in total. The van der Waals surface area contributed by atoms with E-state index in [1.165, 1.54) is 0 Å². The lowest BCUT2D eigenvalue weighted by molar-refractivity contribution is -0.0805. The number of nitrogens with zero attached hydrogens (tertiary/aromatic N) is 1. The molecule has 0 aliphatic carbocycles. The number of β-amino-alcohol motifs (C(OH)–C–C–N with tert-alkyl or cyclic N) is 1. The van der Waals surface area contributed by atoms with Gasteiger partial charge in [-0.25, -0.2) is 0 Å². The maximum atomic E-state index is 10.6. The minimum absolute atomic E-state index is 0. The van der Waals surface area contributed by atoms with Crippen molar-refractivity contribution < 1.29 is 14.6 Å². The van der Waals surface area contributed by atoms with E-state index in [0.717, 1.165) is 34.3 Å². The van der Waals surface area contributed by atoms with Gasteiger partial charge in [-0.2, -0.15) is 0 Å².